The van der Waals surface area contributed by atoms with E-state index < -0.39 is 10.0 Å². The van der Waals surface area contributed by atoms with Gasteiger partial charge in [-0.05, 0) is 48.5 Å². The maximum Gasteiger partial charge on any atom is 0.262 e. The second-order valence-corrected chi connectivity index (χ2v) is 6.78. The summed E-state index contributed by atoms with van der Waals surface area (Å²) in [5.74, 6) is 0.307. The molecule has 0 heterocycles. The molecule has 140 valence electrons. The molecule has 0 bridgehead atoms. The standard InChI is InChI=1S/C17H20N2O6S/c1-23-11-12-25-15-7-5-14(6-8-15)18-17(20)13-3-9-16(10-4-13)26(21,22)19-24-2/h3-10,19H,11-12H2,1-2H3,(H,18,20). The molecule has 0 saturated carbocycles. The quantitative estimate of drug-likeness (QED) is 0.508. The Bertz CT molecular complexity index is 819. The van der Waals surface area contributed by atoms with Crippen LogP contribution in [0.15, 0.2) is 53.4 Å². The maximum absolute atomic E-state index is 12.2. The zero-order valence-corrected chi connectivity index (χ0v) is 15.2. The minimum atomic E-state index is -3.75. The first-order valence-corrected chi connectivity index (χ1v) is 9.12. The van der Waals surface area contributed by atoms with Gasteiger partial charge in [-0.25, -0.2) is 8.42 Å². The third-order valence-corrected chi connectivity index (χ3v) is 4.57. The van der Waals surface area contributed by atoms with Crippen molar-refractivity contribution in [1.29, 1.82) is 0 Å². The summed E-state index contributed by atoms with van der Waals surface area (Å²) < 4.78 is 33.9. The molecule has 0 unspecified atom stereocenters. The fourth-order valence-electron chi connectivity index (χ4n) is 2.02. The molecular weight excluding hydrogens is 360 g/mol. The van der Waals surface area contributed by atoms with Gasteiger partial charge in [0.25, 0.3) is 15.9 Å². The van der Waals surface area contributed by atoms with Crippen molar-refractivity contribution in [3.05, 3.63) is 54.1 Å². The van der Waals surface area contributed by atoms with E-state index in [0.29, 0.717) is 30.2 Å². The van der Waals surface area contributed by atoms with E-state index in [2.05, 4.69) is 10.2 Å². The molecule has 8 nitrogen and oxygen atoms in total. The van der Waals surface area contributed by atoms with Crippen molar-refractivity contribution in [2.75, 3.05) is 32.8 Å². The van der Waals surface area contributed by atoms with Gasteiger partial charge in [0, 0.05) is 18.4 Å². The fraction of sp³-hybridized carbons (Fsp3) is 0.235. The molecule has 0 aliphatic heterocycles. The number of nitrogens with one attached hydrogen (secondary N) is 2. The lowest BCUT2D eigenvalue weighted by Gasteiger charge is -2.09. The van der Waals surface area contributed by atoms with Gasteiger partial charge in [0.1, 0.15) is 12.4 Å². The summed E-state index contributed by atoms with van der Waals surface area (Å²) >= 11 is 0. The number of anilines is 1. The molecule has 2 aromatic rings. The van der Waals surface area contributed by atoms with Crippen molar-refractivity contribution in [1.82, 2.24) is 4.89 Å². The smallest absolute Gasteiger partial charge is 0.262 e. The van der Waals surface area contributed by atoms with Gasteiger partial charge in [-0.1, -0.05) is 4.89 Å². The first-order valence-electron chi connectivity index (χ1n) is 7.64. The van der Waals surface area contributed by atoms with Gasteiger partial charge in [0.2, 0.25) is 0 Å². The molecule has 9 heteroatoms. The Morgan fingerprint density at radius 3 is 2.19 bits per heavy atom. The average molecular weight is 380 g/mol. The second-order valence-electron chi connectivity index (χ2n) is 5.14. The highest BCUT2D eigenvalue weighted by Crippen LogP contribution is 2.17. The Morgan fingerprint density at radius 1 is 0.962 bits per heavy atom. The highest BCUT2D eigenvalue weighted by Gasteiger charge is 2.14. The lowest BCUT2D eigenvalue weighted by molar-refractivity contribution is 0.102. The van der Waals surface area contributed by atoms with Crippen LogP contribution in [0.2, 0.25) is 0 Å². The molecular formula is C17H20N2O6S. The summed E-state index contributed by atoms with van der Waals surface area (Å²) in [7, 11) is -0.956. The summed E-state index contributed by atoms with van der Waals surface area (Å²) in [4.78, 5) is 18.6. The minimum absolute atomic E-state index is 0.00606. The number of methoxy groups -OCH3 is 1. The lowest BCUT2D eigenvalue weighted by Crippen LogP contribution is -2.22. The van der Waals surface area contributed by atoms with Gasteiger partial charge in [0.05, 0.1) is 18.6 Å². The molecule has 2 rings (SSSR count). The number of rotatable bonds is 9. The van der Waals surface area contributed by atoms with Gasteiger partial charge >= 0.3 is 0 Å². The molecule has 0 aliphatic rings. The normalized spacial score (nSPS) is 11.2. The number of carbonyl (C=O) groups excluding carboxylic acids is 1. The van der Waals surface area contributed by atoms with Crippen molar-refractivity contribution in [2.24, 2.45) is 0 Å². The predicted molar refractivity (Wildman–Crippen MR) is 95.5 cm³/mol. The van der Waals surface area contributed by atoms with E-state index in [-0.39, 0.29) is 10.8 Å². The summed E-state index contributed by atoms with van der Waals surface area (Å²) in [5, 5.41) is 2.73. The first-order chi connectivity index (χ1) is 12.5. The van der Waals surface area contributed by atoms with Crippen molar-refractivity contribution in [3.63, 3.8) is 0 Å². The molecule has 2 aromatic carbocycles. The Morgan fingerprint density at radius 2 is 1.62 bits per heavy atom. The molecule has 0 fully saturated rings. The SMILES string of the molecule is COCCOc1ccc(NC(=O)c2ccc(S(=O)(=O)NOC)cc2)cc1. The second kappa shape index (κ2) is 9.30. The summed E-state index contributed by atoms with van der Waals surface area (Å²) in [6, 6.07) is 12.4. The third-order valence-electron chi connectivity index (χ3n) is 3.29. The van der Waals surface area contributed by atoms with Crippen LogP contribution in [0.25, 0.3) is 0 Å². The predicted octanol–water partition coefficient (Wildman–Crippen LogP) is 1.80. The molecule has 0 saturated heterocycles. The molecule has 0 aliphatic carbocycles. The van der Waals surface area contributed by atoms with Crippen LogP contribution in [0.3, 0.4) is 0 Å². The highest BCUT2D eigenvalue weighted by molar-refractivity contribution is 7.89. The molecule has 0 atom stereocenters. The van der Waals surface area contributed by atoms with Gasteiger partial charge in [-0.2, -0.15) is 0 Å². The summed E-state index contributed by atoms with van der Waals surface area (Å²) in [6.07, 6.45) is 0. The molecule has 0 aromatic heterocycles. The van der Waals surface area contributed by atoms with Crippen LogP contribution < -0.4 is 14.9 Å². The van der Waals surface area contributed by atoms with Gasteiger partial charge in [0.15, 0.2) is 0 Å². The Balaban J connectivity index is 1.99. The molecule has 0 radical (unpaired) electrons. The van der Waals surface area contributed by atoms with E-state index in [1.165, 1.54) is 31.4 Å². The van der Waals surface area contributed by atoms with Crippen LogP contribution in [0.4, 0.5) is 5.69 Å². The number of carbonyl (C=O) groups is 1. The third kappa shape index (κ3) is 5.53. The Kier molecular flexibility index (Phi) is 7.10. The molecule has 26 heavy (non-hydrogen) atoms. The molecule has 2 N–H and O–H groups in total. The number of benzene rings is 2. The van der Waals surface area contributed by atoms with E-state index in [1.807, 2.05) is 4.89 Å². The summed E-state index contributed by atoms with van der Waals surface area (Å²) in [5.41, 5.74) is 0.911. The van der Waals surface area contributed by atoms with E-state index in [4.69, 9.17) is 9.47 Å². The first kappa shape index (κ1) is 19.9. The number of hydrogen-bond acceptors (Lipinski definition) is 6. The Labute approximate surface area is 152 Å². The highest BCUT2D eigenvalue weighted by atomic mass is 32.2. The number of hydrogen-bond donors (Lipinski definition) is 2. The van der Waals surface area contributed by atoms with Crippen molar-refractivity contribution >= 4 is 21.6 Å². The molecule has 1 amide bonds. The van der Waals surface area contributed by atoms with Crippen molar-refractivity contribution < 1.29 is 27.5 Å². The van der Waals surface area contributed by atoms with Crippen LogP contribution in [0.5, 0.6) is 5.75 Å². The van der Waals surface area contributed by atoms with Gasteiger partial charge < -0.3 is 14.8 Å². The van der Waals surface area contributed by atoms with Crippen LogP contribution >= 0.6 is 0 Å². The van der Waals surface area contributed by atoms with E-state index >= 15 is 0 Å². The van der Waals surface area contributed by atoms with Crippen LogP contribution in [-0.4, -0.2) is 41.8 Å². The largest absolute Gasteiger partial charge is 0.491 e. The van der Waals surface area contributed by atoms with Crippen LogP contribution in [-0.2, 0) is 19.6 Å². The zero-order valence-electron chi connectivity index (χ0n) is 14.4. The van der Waals surface area contributed by atoms with E-state index in [9.17, 15) is 13.2 Å². The Hall–Kier alpha value is -2.46. The van der Waals surface area contributed by atoms with Crippen LogP contribution in [0, 0.1) is 0 Å². The monoisotopic (exact) mass is 380 g/mol. The van der Waals surface area contributed by atoms with E-state index in [0.717, 1.165) is 0 Å². The van der Waals surface area contributed by atoms with Crippen molar-refractivity contribution in [2.45, 2.75) is 4.90 Å². The topological polar surface area (TPSA) is 103 Å². The lowest BCUT2D eigenvalue weighted by atomic mass is 10.2. The fourth-order valence-corrected chi connectivity index (χ4v) is 2.83. The van der Waals surface area contributed by atoms with Crippen molar-refractivity contribution in [3.8, 4) is 5.75 Å². The number of amides is 1. The van der Waals surface area contributed by atoms with E-state index in [1.54, 1.807) is 31.4 Å². The minimum Gasteiger partial charge on any atom is -0.491 e. The zero-order chi connectivity index (χ0) is 19.0. The maximum atomic E-state index is 12.2. The number of ether oxygens (including phenoxy) is 2. The van der Waals surface area contributed by atoms with Crippen LogP contribution in [0.1, 0.15) is 10.4 Å². The number of sulfonamides is 1. The molecule has 0 spiro atoms. The average Bonchev–Trinajstić information content (AvgIpc) is 2.63. The summed E-state index contributed by atoms with van der Waals surface area (Å²) in [6.45, 7) is 0.930. The van der Waals surface area contributed by atoms with Gasteiger partial charge in [-0.3, -0.25) is 9.63 Å². The van der Waals surface area contributed by atoms with Gasteiger partial charge in [-0.15, -0.1) is 0 Å².